The molecule has 94 valence electrons. The first-order valence-electron chi connectivity index (χ1n) is 5.72. The molecular formula is C13H16ClF2N. The molecule has 0 saturated heterocycles. The van der Waals surface area contributed by atoms with Crippen molar-refractivity contribution in [2.75, 3.05) is 0 Å². The quantitative estimate of drug-likeness (QED) is 0.877. The Labute approximate surface area is 105 Å². The van der Waals surface area contributed by atoms with Gasteiger partial charge < -0.3 is 5.73 Å². The third-order valence-electron chi connectivity index (χ3n) is 3.65. The second-order valence-electron chi connectivity index (χ2n) is 5.00. The molecule has 1 saturated carbocycles. The average Bonchev–Trinajstić information content (AvgIpc) is 2.95. The first-order chi connectivity index (χ1) is 7.79. The Kier molecular flexibility index (Phi) is 2.95. The third kappa shape index (κ3) is 2.06. The summed E-state index contributed by atoms with van der Waals surface area (Å²) < 4.78 is 27.3. The normalized spacial score (nSPS) is 20.1. The van der Waals surface area contributed by atoms with Crippen molar-refractivity contribution in [3.8, 4) is 0 Å². The van der Waals surface area contributed by atoms with E-state index in [0.717, 1.165) is 19.8 Å². The van der Waals surface area contributed by atoms with E-state index in [-0.39, 0.29) is 22.0 Å². The number of rotatable bonds is 3. The first-order valence-corrected chi connectivity index (χ1v) is 6.10. The topological polar surface area (TPSA) is 26.0 Å². The van der Waals surface area contributed by atoms with Gasteiger partial charge >= 0.3 is 0 Å². The van der Waals surface area contributed by atoms with Gasteiger partial charge in [-0.05, 0) is 31.4 Å². The minimum absolute atomic E-state index is 0.0588. The molecule has 2 N–H and O–H groups in total. The van der Waals surface area contributed by atoms with E-state index in [4.69, 9.17) is 17.3 Å². The van der Waals surface area contributed by atoms with Crippen LogP contribution in [0.1, 0.15) is 37.8 Å². The van der Waals surface area contributed by atoms with Crippen LogP contribution >= 0.6 is 11.6 Å². The summed E-state index contributed by atoms with van der Waals surface area (Å²) in [5.74, 6) is -2.93. The van der Waals surface area contributed by atoms with Crippen LogP contribution in [0.25, 0.3) is 0 Å². The molecule has 1 fully saturated rings. The van der Waals surface area contributed by atoms with Gasteiger partial charge in [-0.3, -0.25) is 0 Å². The Bertz CT molecular complexity index is 434. The Morgan fingerprint density at radius 2 is 2.00 bits per heavy atom. The van der Waals surface area contributed by atoms with Gasteiger partial charge in [0.15, 0.2) is 0 Å². The number of benzene rings is 1. The fraction of sp³-hybridized carbons (Fsp3) is 0.538. The van der Waals surface area contributed by atoms with Crippen molar-refractivity contribution >= 4 is 11.6 Å². The monoisotopic (exact) mass is 259 g/mol. The second kappa shape index (κ2) is 3.92. The van der Waals surface area contributed by atoms with Gasteiger partial charge in [0.1, 0.15) is 0 Å². The summed E-state index contributed by atoms with van der Waals surface area (Å²) in [6.45, 7) is 2.75. The molecule has 1 atom stereocenters. The van der Waals surface area contributed by atoms with Gasteiger partial charge in [0.2, 0.25) is 0 Å². The van der Waals surface area contributed by atoms with Crippen LogP contribution in [-0.4, -0.2) is 6.04 Å². The van der Waals surface area contributed by atoms with Crippen LogP contribution in [0.3, 0.4) is 0 Å². The summed E-state index contributed by atoms with van der Waals surface area (Å²) in [6.07, 6.45) is 1.71. The lowest BCUT2D eigenvalue weighted by atomic mass is 9.84. The molecule has 0 heterocycles. The van der Waals surface area contributed by atoms with Crippen molar-refractivity contribution in [3.05, 3.63) is 34.3 Å². The Morgan fingerprint density at radius 1 is 1.41 bits per heavy atom. The van der Waals surface area contributed by atoms with Crippen molar-refractivity contribution in [3.63, 3.8) is 0 Å². The second-order valence-corrected chi connectivity index (χ2v) is 5.40. The highest BCUT2D eigenvalue weighted by molar-refractivity contribution is 6.31. The Hall–Kier alpha value is -0.670. The lowest BCUT2D eigenvalue weighted by molar-refractivity contribution is 0.0160. The van der Waals surface area contributed by atoms with Crippen LogP contribution < -0.4 is 5.73 Å². The van der Waals surface area contributed by atoms with Crippen molar-refractivity contribution in [2.45, 2.75) is 44.1 Å². The molecular weight excluding hydrogens is 244 g/mol. The number of nitrogens with two attached hydrogens (primary N) is 1. The maximum absolute atomic E-state index is 13.7. The highest BCUT2D eigenvalue weighted by Gasteiger charge is 2.51. The molecule has 0 radical (unpaired) electrons. The molecule has 1 aromatic carbocycles. The molecule has 1 aliphatic rings. The first kappa shape index (κ1) is 12.8. The van der Waals surface area contributed by atoms with Crippen LogP contribution in [0.5, 0.6) is 0 Å². The van der Waals surface area contributed by atoms with Gasteiger partial charge in [-0.2, -0.15) is 0 Å². The standard InChI is InChI=1S/C13H16ClF2N/c1-8(17)13(6-7-13)9-4-3-5-10(14)11(9)12(2,15)16/h3-5,8H,6-7,17H2,1-2H3. The summed E-state index contributed by atoms with van der Waals surface area (Å²) >= 11 is 5.93. The van der Waals surface area contributed by atoms with Gasteiger partial charge in [0.05, 0.1) is 5.02 Å². The molecule has 0 bridgehead atoms. The third-order valence-corrected chi connectivity index (χ3v) is 3.96. The van der Waals surface area contributed by atoms with Gasteiger partial charge in [-0.15, -0.1) is 0 Å². The van der Waals surface area contributed by atoms with Crippen LogP contribution in [0.4, 0.5) is 8.78 Å². The van der Waals surface area contributed by atoms with Crippen LogP contribution in [0, 0.1) is 0 Å². The minimum atomic E-state index is -2.93. The van der Waals surface area contributed by atoms with E-state index >= 15 is 0 Å². The Morgan fingerprint density at radius 3 is 2.41 bits per heavy atom. The number of alkyl halides is 2. The fourth-order valence-electron chi connectivity index (χ4n) is 2.49. The molecule has 1 unspecified atom stereocenters. The number of halogens is 3. The maximum Gasteiger partial charge on any atom is 0.272 e. The fourth-order valence-corrected chi connectivity index (χ4v) is 2.83. The predicted molar refractivity (Wildman–Crippen MR) is 65.6 cm³/mol. The van der Waals surface area contributed by atoms with Crippen LogP contribution in [0.2, 0.25) is 5.02 Å². The summed E-state index contributed by atoms with van der Waals surface area (Å²) in [5, 5.41) is 0.127. The lowest BCUT2D eigenvalue weighted by Crippen LogP contribution is -2.33. The molecule has 17 heavy (non-hydrogen) atoms. The molecule has 4 heteroatoms. The zero-order valence-corrected chi connectivity index (χ0v) is 10.7. The van der Waals surface area contributed by atoms with E-state index in [0.29, 0.717) is 5.56 Å². The lowest BCUT2D eigenvalue weighted by Gasteiger charge is -2.26. The highest BCUT2D eigenvalue weighted by Crippen LogP contribution is 2.54. The largest absolute Gasteiger partial charge is 0.327 e. The van der Waals surface area contributed by atoms with Gasteiger partial charge in [0, 0.05) is 23.9 Å². The van der Waals surface area contributed by atoms with E-state index in [9.17, 15) is 8.78 Å². The van der Waals surface area contributed by atoms with Gasteiger partial charge in [0.25, 0.3) is 5.92 Å². The zero-order chi connectivity index (χ0) is 12.8. The van der Waals surface area contributed by atoms with E-state index in [2.05, 4.69) is 0 Å². The number of hydrogen-bond acceptors (Lipinski definition) is 1. The molecule has 0 spiro atoms. The van der Waals surface area contributed by atoms with Crippen molar-refractivity contribution in [1.29, 1.82) is 0 Å². The van der Waals surface area contributed by atoms with Crippen molar-refractivity contribution < 1.29 is 8.78 Å². The molecule has 1 aromatic rings. The van der Waals surface area contributed by atoms with Crippen molar-refractivity contribution in [2.24, 2.45) is 5.73 Å². The summed E-state index contributed by atoms with van der Waals surface area (Å²) in [7, 11) is 0. The zero-order valence-electron chi connectivity index (χ0n) is 9.93. The average molecular weight is 260 g/mol. The van der Waals surface area contributed by atoms with Crippen LogP contribution in [0.15, 0.2) is 18.2 Å². The van der Waals surface area contributed by atoms with Gasteiger partial charge in [-0.1, -0.05) is 23.7 Å². The van der Waals surface area contributed by atoms with E-state index < -0.39 is 5.92 Å². The summed E-state index contributed by atoms with van der Waals surface area (Å²) in [6, 6.07) is 4.82. The Balaban J connectivity index is 2.60. The molecule has 0 aliphatic heterocycles. The molecule has 1 nitrogen and oxygen atoms in total. The molecule has 2 rings (SSSR count). The molecule has 0 aromatic heterocycles. The van der Waals surface area contributed by atoms with E-state index in [1.807, 2.05) is 6.92 Å². The smallest absolute Gasteiger partial charge is 0.272 e. The van der Waals surface area contributed by atoms with E-state index in [1.165, 1.54) is 6.07 Å². The van der Waals surface area contributed by atoms with Crippen molar-refractivity contribution in [1.82, 2.24) is 0 Å². The predicted octanol–water partition coefficient (Wildman–Crippen LogP) is 3.83. The van der Waals surface area contributed by atoms with Crippen LogP contribution in [-0.2, 0) is 11.3 Å². The maximum atomic E-state index is 13.7. The van der Waals surface area contributed by atoms with Gasteiger partial charge in [-0.25, -0.2) is 8.78 Å². The minimum Gasteiger partial charge on any atom is -0.327 e. The highest BCUT2D eigenvalue weighted by atomic mass is 35.5. The number of hydrogen-bond donors (Lipinski definition) is 1. The summed E-state index contributed by atoms with van der Waals surface area (Å²) in [5.41, 5.74) is 6.19. The molecule has 1 aliphatic carbocycles. The summed E-state index contributed by atoms with van der Waals surface area (Å²) in [4.78, 5) is 0. The molecule has 0 amide bonds. The van der Waals surface area contributed by atoms with E-state index in [1.54, 1.807) is 12.1 Å². The SMILES string of the molecule is CC(N)C1(c2cccc(Cl)c2C(C)(F)F)CC1.